The minimum Gasteiger partial charge on any atom is -0.304 e. The summed E-state index contributed by atoms with van der Waals surface area (Å²) in [6, 6.07) is 0.595. The van der Waals surface area contributed by atoms with E-state index in [0.717, 1.165) is 36.8 Å². The van der Waals surface area contributed by atoms with Crippen LogP contribution < -0.4 is 0 Å². The number of piperazine rings is 1. The Kier molecular flexibility index (Phi) is 3.87. The van der Waals surface area contributed by atoms with Crippen molar-refractivity contribution >= 4 is 11.3 Å². The summed E-state index contributed by atoms with van der Waals surface area (Å²) in [5.41, 5.74) is 2.28. The van der Waals surface area contributed by atoms with Gasteiger partial charge in [-0.2, -0.15) is 5.10 Å². The maximum atomic E-state index is 4.75. The second-order valence-corrected chi connectivity index (χ2v) is 6.49. The Bertz CT molecular complexity index is 576. The minimum absolute atomic E-state index is 0.595. The molecular weight excluding hydrogens is 270 g/mol. The van der Waals surface area contributed by atoms with Crippen molar-refractivity contribution in [1.29, 1.82) is 0 Å². The van der Waals surface area contributed by atoms with Crippen LogP contribution in [0.2, 0.25) is 0 Å². The summed E-state index contributed by atoms with van der Waals surface area (Å²) in [6.45, 7) is 6.65. The molecule has 0 amide bonds. The van der Waals surface area contributed by atoms with E-state index in [1.54, 1.807) is 11.3 Å². The standard InChI is InChI=1S/C14H21N5S/c1-11-7-17(2)4-5-19(11)9-13-10-20-14(16-13)12-6-15-18(3)8-12/h6,8,10-11H,4-5,7,9H2,1-3H3. The first-order chi connectivity index (χ1) is 9.61. The second-order valence-electron chi connectivity index (χ2n) is 5.63. The Balaban J connectivity index is 1.68. The van der Waals surface area contributed by atoms with E-state index in [2.05, 4.69) is 34.2 Å². The van der Waals surface area contributed by atoms with Gasteiger partial charge in [-0.1, -0.05) is 0 Å². The lowest BCUT2D eigenvalue weighted by Gasteiger charge is -2.37. The van der Waals surface area contributed by atoms with Crippen molar-refractivity contribution in [2.24, 2.45) is 7.05 Å². The molecule has 0 radical (unpaired) electrons. The molecule has 3 heterocycles. The van der Waals surface area contributed by atoms with E-state index in [0.29, 0.717) is 6.04 Å². The third kappa shape index (κ3) is 2.92. The summed E-state index contributed by atoms with van der Waals surface area (Å²) in [4.78, 5) is 9.66. The molecule has 0 saturated carbocycles. The van der Waals surface area contributed by atoms with Crippen molar-refractivity contribution in [2.45, 2.75) is 19.5 Å². The van der Waals surface area contributed by atoms with Gasteiger partial charge in [0, 0.05) is 56.4 Å². The number of hydrogen-bond donors (Lipinski definition) is 0. The van der Waals surface area contributed by atoms with Crippen molar-refractivity contribution < 1.29 is 0 Å². The number of likely N-dealkylation sites (N-methyl/N-ethyl adjacent to an activating group) is 1. The number of rotatable bonds is 3. The zero-order valence-corrected chi connectivity index (χ0v) is 13.1. The summed E-state index contributed by atoms with van der Waals surface area (Å²) >= 11 is 1.70. The number of aromatic nitrogens is 3. The third-order valence-electron chi connectivity index (χ3n) is 3.84. The van der Waals surface area contributed by atoms with Gasteiger partial charge in [0.15, 0.2) is 0 Å². The first kappa shape index (κ1) is 13.7. The molecule has 0 N–H and O–H groups in total. The van der Waals surface area contributed by atoms with E-state index >= 15 is 0 Å². The van der Waals surface area contributed by atoms with Crippen LogP contribution in [0.4, 0.5) is 0 Å². The summed E-state index contributed by atoms with van der Waals surface area (Å²) < 4.78 is 1.82. The fourth-order valence-corrected chi connectivity index (χ4v) is 3.45. The van der Waals surface area contributed by atoms with Crippen LogP contribution in [0, 0.1) is 0 Å². The molecule has 0 aromatic carbocycles. The molecule has 0 bridgehead atoms. The highest BCUT2D eigenvalue weighted by Crippen LogP contribution is 2.24. The van der Waals surface area contributed by atoms with E-state index in [-0.39, 0.29) is 0 Å². The molecule has 1 aliphatic heterocycles. The van der Waals surface area contributed by atoms with Crippen molar-refractivity contribution in [3.63, 3.8) is 0 Å². The first-order valence-corrected chi connectivity index (χ1v) is 7.86. The molecule has 3 rings (SSSR count). The Hall–Kier alpha value is -1.24. The fraction of sp³-hybridized carbons (Fsp3) is 0.571. The predicted octanol–water partition coefficient (Wildman–Crippen LogP) is 1.68. The molecule has 1 atom stereocenters. The van der Waals surface area contributed by atoms with Gasteiger partial charge in [0.25, 0.3) is 0 Å². The molecule has 2 aromatic rings. The van der Waals surface area contributed by atoms with Crippen LogP contribution in [-0.4, -0.2) is 57.3 Å². The zero-order chi connectivity index (χ0) is 14.1. The van der Waals surface area contributed by atoms with Gasteiger partial charge in [-0.25, -0.2) is 4.98 Å². The van der Waals surface area contributed by atoms with Crippen molar-refractivity contribution in [3.8, 4) is 10.6 Å². The summed E-state index contributed by atoms with van der Waals surface area (Å²) in [6.07, 6.45) is 3.89. The van der Waals surface area contributed by atoms with Gasteiger partial charge in [-0.15, -0.1) is 11.3 Å². The molecule has 6 heteroatoms. The Morgan fingerprint density at radius 1 is 1.35 bits per heavy atom. The van der Waals surface area contributed by atoms with Crippen molar-refractivity contribution in [1.82, 2.24) is 24.6 Å². The summed E-state index contributed by atoms with van der Waals surface area (Å²) in [7, 11) is 4.13. The third-order valence-corrected chi connectivity index (χ3v) is 4.78. The highest BCUT2D eigenvalue weighted by Gasteiger charge is 2.22. The highest BCUT2D eigenvalue weighted by molar-refractivity contribution is 7.13. The largest absolute Gasteiger partial charge is 0.304 e. The fourth-order valence-electron chi connectivity index (χ4n) is 2.66. The van der Waals surface area contributed by atoms with Gasteiger partial charge in [-0.3, -0.25) is 9.58 Å². The average Bonchev–Trinajstić information content (AvgIpc) is 3.02. The molecule has 0 aliphatic carbocycles. The average molecular weight is 291 g/mol. The predicted molar refractivity (Wildman–Crippen MR) is 81.7 cm³/mol. The van der Waals surface area contributed by atoms with Gasteiger partial charge < -0.3 is 4.90 Å². The topological polar surface area (TPSA) is 37.2 Å². The van der Waals surface area contributed by atoms with Crippen molar-refractivity contribution in [2.75, 3.05) is 26.7 Å². The number of aryl methyl sites for hydroxylation is 1. The lowest BCUT2D eigenvalue weighted by Crippen LogP contribution is -2.49. The van der Waals surface area contributed by atoms with Crippen LogP contribution in [-0.2, 0) is 13.6 Å². The quantitative estimate of drug-likeness (QED) is 0.862. The molecule has 5 nitrogen and oxygen atoms in total. The second kappa shape index (κ2) is 5.63. The SMILES string of the molecule is CC1CN(C)CCN1Cc1csc(-c2cnn(C)c2)n1. The maximum Gasteiger partial charge on any atom is 0.126 e. The van der Waals surface area contributed by atoms with E-state index in [4.69, 9.17) is 4.98 Å². The van der Waals surface area contributed by atoms with Crippen LogP contribution >= 0.6 is 11.3 Å². The normalized spacial score (nSPS) is 21.4. The van der Waals surface area contributed by atoms with Crippen LogP contribution in [0.25, 0.3) is 10.6 Å². The lowest BCUT2D eigenvalue weighted by atomic mass is 10.2. The number of thiazole rings is 1. The van der Waals surface area contributed by atoms with Crippen LogP contribution in [0.15, 0.2) is 17.8 Å². The Morgan fingerprint density at radius 2 is 2.20 bits per heavy atom. The number of nitrogens with zero attached hydrogens (tertiary/aromatic N) is 5. The van der Waals surface area contributed by atoms with Crippen molar-refractivity contribution in [3.05, 3.63) is 23.5 Å². The van der Waals surface area contributed by atoms with Crippen LogP contribution in [0.5, 0.6) is 0 Å². The summed E-state index contributed by atoms with van der Waals surface area (Å²) in [5.74, 6) is 0. The zero-order valence-electron chi connectivity index (χ0n) is 12.3. The van der Waals surface area contributed by atoms with E-state index in [9.17, 15) is 0 Å². The van der Waals surface area contributed by atoms with Gasteiger partial charge >= 0.3 is 0 Å². The smallest absolute Gasteiger partial charge is 0.126 e. The lowest BCUT2D eigenvalue weighted by molar-refractivity contribution is 0.0929. The first-order valence-electron chi connectivity index (χ1n) is 6.98. The van der Waals surface area contributed by atoms with Gasteiger partial charge in [0.1, 0.15) is 5.01 Å². The van der Waals surface area contributed by atoms with Gasteiger partial charge in [-0.05, 0) is 14.0 Å². The summed E-state index contributed by atoms with van der Waals surface area (Å²) in [5, 5.41) is 7.44. The van der Waals surface area contributed by atoms with Crippen LogP contribution in [0.3, 0.4) is 0 Å². The molecule has 20 heavy (non-hydrogen) atoms. The maximum absolute atomic E-state index is 4.75. The molecule has 108 valence electrons. The van der Waals surface area contributed by atoms with E-state index in [1.807, 2.05) is 24.1 Å². The van der Waals surface area contributed by atoms with E-state index in [1.165, 1.54) is 5.69 Å². The molecule has 1 saturated heterocycles. The minimum atomic E-state index is 0.595. The monoisotopic (exact) mass is 291 g/mol. The molecule has 0 spiro atoms. The van der Waals surface area contributed by atoms with Crippen LogP contribution in [0.1, 0.15) is 12.6 Å². The highest BCUT2D eigenvalue weighted by atomic mass is 32.1. The van der Waals surface area contributed by atoms with Gasteiger partial charge in [0.05, 0.1) is 11.9 Å². The Labute approximate surface area is 123 Å². The number of hydrogen-bond acceptors (Lipinski definition) is 5. The Morgan fingerprint density at radius 3 is 2.90 bits per heavy atom. The van der Waals surface area contributed by atoms with Gasteiger partial charge in [0.2, 0.25) is 0 Å². The molecule has 2 aromatic heterocycles. The molecular formula is C14H21N5S. The molecule has 1 fully saturated rings. The molecule has 1 aliphatic rings. The van der Waals surface area contributed by atoms with E-state index < -0.39 is 0 Å². The molecule has 1 unspecified atom stereocenters.